The number of alkyl halides is 2. The number of rotatable bonds is 8. The van der Waals surface area contributed by atoms with Crippen molar-refractivity contribution in [2.45, 2.75) is 71.1 Å². The van der Waals surface area contributed by atoms with E-state index >= 15 is 0 Å². The number of hydrogen-bond acceptors (Lipinski definition) is 5. The molecule has 0 saturated heterocycles. The van der Waals surface area contributed by atoms with Gasteiger partial charge in [0.05, 0.1) is 18.2 Å². The number of H-pyrrole nitrogens is 1. The van der Waals surface area contributed by atoms with Gasteiger partial charge in [0.2, 0.25) is 11.5 Å². The van der Waals surface area contributed by atoms with Crippen LogP contribution in [0.3, 0.4) is 0 Å². The Morgan fingerprint density at radius 3 is 2.53 bits per heavy atom. The zero-order valence-electron chi connectivity index (χ0n) is 18.9. The van der Waals surface area contributed by atoms with Gasteiger partial charge in [0, 0.05) is 32.0 Å². The number of nitrogens with zero attached hydrogens (tertiary/aromatic N) is 3. The van der Waals surface area contributed by atoms with E-state index in [1.54, 1.807) is 13.8 Å². The van der Waals surface area contributed by atoms with Gasteiger partial charge in [-0.3, -0.25) is 14.3 Å². The molecule has 0 radical (unpaired) electrons. The second-order valence-corrected chi connectivity index (χ2v) is 8.63. The fraction of sp³-hybridized carbons (Fsp3) is 0.545. The molecule has 186 valence electrons. The first-order chi connectivity index (χ1) is 15.9. The maximum atomic E-state index is 14.4. The first kappa shape index (κ1) is 25.3. The van der Waals surface area contributed by atoms with Crippen molar-refractivity contribution >= 4 is 11.7 Å². The number of aromatic amines is 1. The van der Waals surface area contributed by atoms with Crippen LogP contribution in [0.25, 0.3) is 0 Å². The third-order valence-electron chi connectivity index (χ3n) is 5.52. The smallest absolute Gasteiger partial charge is 0.334 e. The molecule has 2 aromatic rings. The summed E-state index contributed by atoms with van der Waals surface area (Å²) < 4.78 is 48.7. The van der Waals surface area contributed by atoms with Crippen LogP contribution in [0.15, 0.2) is 32.8 Å². The van der Waals surface area contributed by atoms with Crippen LogP contribution in [-0.4, -0.2) is 37.2 Å². The average Bonchev–Trinajstić information content (AvgIpc) is 2.73. The number of aromatic nitrogens is 3. The van der Waals surface area contributed by atoms with E-state index in [1.165, 1.54) is 12.1 Å². The molecule has 1 fully saturated rings. The number of ether oxygens (including phenoxy) is 1. The zero-order chi connectivity index (χ0) is 25.0. The van der Waals surface area contributed by atoms with E-state index in [9.17, 15) is 27.6 Å². The lowest BCUT2D eigenvalue weighted by Gasteiger charge is -2.28. The summed E-state index contributed by atoms with van der Waals surface area (Å²) >= 11 is 0. The predicted octanol–water partition coefficient (Wildman–Crippen LogP) is 2.80. The van der Waals surface area contributed by atoms with Gasteiger partial charge in [-0.25, -0.2) is 32.3 Å². The van der Waals surface area contributed by atoms with Gasteiger partial charge in [-0.05, 0) is 44.7 Å². The minimum atomic E-state index is -2.75. The minimum absolute atomic E-state index is 0.00533. The summed E-state index contributed by atoms with van der Waals surface area (Å²) in [5.74, 6) is -4.89. The summed E-state index contributed by atoms with van der Waals surface area (Å²) in [6.07, 6.45) is -1.01. The Hall–Kier alpha value is -3.31. The van der Waals surface area contributed by atoms with Crippen molar-refractivity contribution in [3.05, 3.63) is 50.6 Å². The number of benzene rings is 1. The van der Waals surface area contributed by atoms with E-state index in [4.69, 9.17) is 9.84 Å². The van der Waals surface area contributed by atoms with Gasteiger partial charge in [0.25, 0.3) is 0 Å². The van der Waals surface area contributed by atoms with Crippen molar-refractivity contribution in [1.82, 2.24) is 14.1 Å². The molecule has 1 aromatic heterocycles. The minimum Gasteiger partial charge on any atom is -0.488 e. The Morgan fingerprint density at radius 2 is 1.94 bits per heavy atom. The number of carboxylic acid groups (broad SMARTS) is 1. The molecule has 0 bridgehead atoms. The lowest BCUT2D eigenvalue weighted by Crippen LogP contribution is -2.51. The normalized spacial score (nSPS) is 16.7. The van der Waals surface area contributed by atoms with Gasteiger partial charge in [0.15, 0.2) is 11.6 Å². The van der Waals surface area contributed by atoms with E-state index in [2.05, 4.69) is 9.98 Å². The lowest BCUT2D eigenvalue weighted by molar-refractivity contribution is -0.137. The van der Waals surface area contributed by atoms with Crippen LogP contribution in [0.5, 0.6) is 5.75 Å². The first-order valence-electron chi connectivity index (χ1n) is 11.0. The number of halogens is 3. The number of aliphatic carboxylic acids is 1. The fourth-order valence-electron chi connectivity index (χ4n) is 3.78. The number of carboxylic acids is 1. The fourth-order valence-corrected chi connectivity index (χ4v) is 3.78. The third kappa shape index (κ3) is 6.39. The second kappa shape index (κ2) is 10.3. The van der Waals surface area contributed by atoms with Crippen LogP contribution in [0, 0.1) is 11.7 Å². The van der Waals surface area contributed by atoms with E-state index in [0.717, 1.165) is 15.2 Å². The summed E-state index contributed by atoms with van der Waals surface area (Å²) in [5, 5.41) is 8.92. The zero-order valence-corrected chi connectivity index (χ0v) is 18.9. The van der Waals surface area contributed by atoms with Gasteiger partial charge in [0.1, 0.15) is 0 Å². The van der Waals surface area contributed by atoms with Gasteiger partial charge in [-0.2, -0.15) is 0 Å². The van der Waals surface area contributed by atoms with Crippen LogP contribution < -0.4 is 21.7 Å². The van der Waals surface area contributed by atoms with E-state index < -0.39 is 35.5 Å². The summed E-state index contributed by atoms with van der Waals surface area (Å²) in [4.78, 5) is 43.1. The summed E-state index contributed by atoms with van der Waals surface area (Å²) in [6.45, 7) is 3.11. The topological polar surface area (TPSA) is 119 Å². The molecule has 2 N–H and O–H groups in total. The molecule has 1 saturated carbocycles. The number of hydrogen-bond donors (Lipinski definition) is 2. The number of carbonyl (C=O) groups is 1. The van der Waals surface area contributed by atoms with E-state index in [-0.39, 0.29) is 67.8 Å². The summed E-state index contributed by atoms with van der Waals surface area (Å²) in [5.41, 5.74) is -1.79. The predicted molar refractivity (Wildman–Crippen MR) is 116 cm³/mol. The van der Waals surface area contributed by atoms with Crippen LogP contribution in [0.1, 0.15) is 46.0 Å². The molecule has 0 aliphatic heterocycles. The molecule has 12 heteroatoms. The molecule has 34 heavy (non-hydrogen) atoms. The summed E-state index contributed by atoms with van der Waals surface area (Å²) in [6, 6.07) is 3.89. The Balaban J connectivity index is 2.04. The van der Waals surface area contributed by atoms with Crippen molar-refractivity contribution in [3.63, 3.8) is 0 Å². The SMILES string of the molecule is CC(C)Oc1ccc(/N=c2\[nH]c(=O)n(CCC(=O)O)c(=O)n2CC2CCC(F)(F)CC2)cc1F. The van der Waals surface area contributed by atoms with Crippen molar-refractivity contribution in [2.75, 3.05) is 0 Å². The van der Waals surface area contributed by atoms with E-state index in [0.29, 0.717) is 0 Å². The molecule has 0 atom stereocenters. The molecule has 1 heterocycles. The molecule has 0 amide bonds. The largest absolute Gasteiger partial charge is 0.488 e. The van der Waals surface area contributed by atoms with Gasteiger partial charge < -0.3 is 9.84 Å². The highest BCUT2D eigenvalue weighted by Crippen LogP contribution is 2.36. The van der Waals surface area contributed by atoms with Crippen LogP contribution in [0.4, 0.5) is 18.9 Å². The van der Waals surface area contributed by atoms with E-state index in [1.807, 2.05) is 0 Å². The average molecular weight is 484 g/mol. The molecule has 0 spiro atoms. The van der Waals surface area contributed by atoms with Crippen LogP contribution >= 0.6 is 0 Å². The Labute approximate surface area is 192 Å². The van der Waals surface area contributed by atoms with Gasteiger partial charge in [-0.15, -0.1) is 0 Å². The maximum Gasteiger partial charge on any atom is 0.334 e. The van der Waals surface area contributed by atoms with Crippen molar-refractivity contribution in [3.8, 4) is 5.75 Å². The van der Waals surface area contributed by atoms with Crippen molar-refractivity contribution in [2.24, 2.45) is 10.9 Å². The molecule has 3 rings (SSSR count). The highest BCUT2D eigenvalue weighted by atomic mass is 19.3. The molecule has 9 nitrogen and oxygen atoms in total. The van der Waals surface area contributed by atoms with Crippen LogP contribution in [-0.2, 0) is 17.9 Å². The molecule has 0 unspecified atom stereocenters. The monoisotopic (exact) mass is 484 g/mol. The van der Waals surface area contributed by atoms with Crippen LogP contribution in [0.2, 0.25) is 0 Å². The molecular formula is C22H27F3N4O5. The summed E-state index contributed by atoms with van der Waals surface area (Å²) in [7, 11) is 0. The van der Waals surface area contributed by atoms with Crippen molar-refractivity contribution in [1.29, 1.82) is 0 Å². The Kier molecular flexibility index (Phi) is 7.68. The Bertz CT molecular complexity index is 1220. The van der Waals surface area contributed by atoms with Crippen molar-refractivity contribution < 1.29 is 27.8 Å². The highest BCUT2D eigenvalue weighted by molar-refractivity contribution is 5.66. The molecule has 1 aliphatic carbocycles. The highest BCUT2D eigenvalue weighted by Gasteiger charge is 2.35. The number of nitrogens with one attached hydrogen (secondary N) is 1. The van der Waals surface area contributed by atoms with Gasteiger partial charge in [-0.1, -0.05) is 0 Å². The molecular weight excluding hydrogens is 457 g/mol. The molecule has 1 aliphatic rings. The first-order valence-corrected chi connectivity index (χ1v) is 11.0. The molecule has 1 aromatic carbocycles. The third-order valence-corrected chi connectivity index (χ3v) is 5.52. The van der Waals surface area contributed by atoms with Gasteiger partial charge >= 0.3 is 17.3 Å². The Morgan fingerprint density at radius 1 is 1.26 bits per heavy atom. The second-order valence-electron chi connectivity index (χ2n) is 8.63. The standard InChI is InChI=1S/C22H27F3N4O5/c1-13(2)34-17-4-3-15(11-16(17)23)26-19-27-20(32)28(10-7-18(30)31)21(33)29(19)12-14-5-8-22(24,25)9-6-14/h3-4,11,13-14H,5-10,12H2,1-2H3,(H,30,31)(H,26,27,32). The quantitative estimate of drug-likeness (QED) is 0.597. The maximum absolute atomic E-state index is 14.4. The lowest BCUT2D eigenvalue weighted by atomic mass is 9.87.